The summed E-state index contributed by atoms with van der Waals surface area (Å²) in [6.45, 7) is -0.996. The highest BCUT2D eigenvalue weighted by molar-refractivity contribution is 6.08. The minimum Gasteiger partial charge on any atom is -0.395 e. The molecule has 2 aliphatic rings. The Labute approximate surface area is 240 Å². The first-order chi connectivity index (χ1) is 20.2. The number of aliphatic hydroxyl groups is 9. The van der Waals surface area contributed by atoms with E-state index in [1.54, 1.807) is 24.3 Å². The van der Waals surface area contributed by atoms with Gasteiger partial charge in [0.15, 0.2) is 0 Å². The van der Waals surface area contributed by atoms with Gasteiger partial charge in [-0.05, 0) is 24.3 Å². The van der Waals surface area contributed by atoms with Crippen molar-refractivity contribution in [2.45, 2.75) is 67.6 Å². The molecule has 3 heterocycles. The lowest BCUT2D eigenvalue weighted by molar-refractivity contribution is -0.214. The Morgan fingerprint density at radius 3 is 1.40 bits per heavy atom. The highest BCUT2D eigenvalue weighted by atomic mass is 16.5. The lowest BCUT2D eigenvalue weighted by atomic mass is 9.95. The van der Waals surface area contributed by atoms with Crippen LogP contribution in [-0.4, -0.2) is 131 Å². The van der Waals surface area contributed by atoms with E-state index in [-0.39, 0.29) is 13.2 Å². The van der Waals surface area contributed by atoms with Crippen LogP contribution >= 0.6 is 0 Å². The fraction of sp³-hybridized carbons (Fsp3) is 0.467. The van der Waals surface area contributed by atoms with Crippen molar-refractivity contribution in [1.82, 2.24) is 4.57 Å². The molecule has 0 spiro atoms. The van der Waals surface area contributed by atoms with Gasteiger partial charge in [0.1, 0.15) is 61.0 Å². The Kier molecular flexibility index (Phi) is 9.15. The molecule has 12 nitrogen and oxygen atoms in total. The number of nitrogens with zero attached hydrogens (tertiary/aromatic N) is 1. The van der Waals surface area contributed by atoms with Crippen molar-refractivity contribution < 1.29 is 55.4 Å². The van der Waals surface area contributed by atoms with Gasteiger partial charge in [0.05, 0.1) is 30.9 Å². The average molecular weight is 584 g/mol. The summed E-state index contributed by atoms with van der Waals surface area (Å²) in [7, 11) is 0. The Morgan fingerprint density at radius 2 is 1.02 bits per heavy atom. The predicted molar refractivity (Wildman–Crippen MR) is 148 cm³/mol. The zero-order valence-electron chi connectivity index (χ0n) is 22.4. The van der Waals surface area contributed by atoms with Crippen molar-refractivity contribution >= 4 is 21.8 Å². The molecule has 0 aliphatic carbocycles. The first-order valence-electron chi connectivity index (χ1n) is 13.5. The molecule has 10 unspecified atom stereocenters. The maximum Gasteiger partial charge on any atom is 0.147 e. The third kappa shape index (κ3) is 5.64. The number of fused-ring (bicyclic) bond motifs is 3. The van der Waals surface area contributed by atoms with Crippen molar-refractivity contribution in [3.63, 3.8) is 0 Å². The third-order valence-electron chi connectivity index (χ3n) is 7.69. The number of benzene rings is 2. The largest absolute Gasteiger partial charge is 0.395 e. The van der Waals surface area contributed by atoms with E-state index in [1.807, 2.05) is 16.7 Å². The van der Waals surface area contributed by atoms with Crippen molar-refractivity contribution in [2.24, 2.45) is 0 Å². The van der Waals surface area contributed by atoms with Gasteiger partial charge >= 0.3 is 0 Å². The van der Waals surface area contributed by atoms with E-state index in [0.29, 0.717) is 11.1 Å². The third-order valence-corrected chi connectivity index (χ3v) is 7.69. The van der Waals surface area contributed by atoms with Gasteiger partial charge < -0.3 is 60.0 Å². The maximum absolute atomic E-state index is 10.3. The van der Waals surface area contributed by atoms with Crippen LogP contribution in [0, 0.1) is 23.7 Å². The first kappa shape index (κ1) is 30.4. The molecular weight excluding hydrogens is 550 g/mol. The van der Waals surface area contributed by atoms with E-state index in [9.17, 15) is 46.0 Å². The number of hydrogen-bond donors (Lipinski definition) is 9. The van der Waals surface area contributed by atoms with Gasteiger partial charge in [-0.15, -0.1) is 0 Å². The second-order valence-corrected chi connectivity index (χ2v) is 10.4. The zero-order chi connectivity index (χ0) is 30.1. The average Bonchev–Trinajstić information content (AvgIpc) is 3.30. The van der Waals surface area contributed by atoms with Crippen LogP contribution in [0.2, 0.25) is 0 Å². The number of hydrogen-bond acceptors (Lipinski definition) is 11. The van der Waals surface area contributed by atoms with Crippen molar-refractivity contribution in [3.8, 4) is 23.7 Å². The number of aliphatic hydroxyl groups excluding tert-OH is 9. The Balaban J connectivity index is 1.47. The number of rotatable bonds is 4. The molecule has 2 saturated heterocycles. The van der Waals surface area contributed by atoms with Gasteiger partial charge in [-0.3, -0.25) is 0 Å². The lowest BCUT2D eigenvalue weighted by Gasteiger charge is -2.37. The summed E-state index contributed by atoms with van der Waals surface area (Å²) in [4.78, 5) is 0. The molecule has 9 N–H and O–H groups in total. The summed E-state index contributed by atoms with van der Waals surface area (Å²) in [5.74, 6) is 11.4. The molecule has 0 amide bonds. The van der Waals surface area contributed by atoms with Gasteiger partial charge in [-0.25, -0.2) is 0 Å². The quantitative estimate of drug-likeness (QED) is 0.143. The molecule has 5 rings (SSSR count). The molecule has 1 aromatic heterocycles. The highest BCUT2D eigenvalue weighted by Crippen LogP contribution is 2.31. The van der Waals surface area contributed by atoms with Crippen LogP contribution in [0.25, 0.3) is 21.8 Å². The Hall–Kier alpha value is -3.08. The second-order valence-electron chi connectivity index (χ2n) is 10.4. The van der Waals surface area contributed by atoms with Crippen LogP contribution in [0.3, 0.4) is 0 Å². The molecule has 0 bridgehead atoms. The summed E-state index contributed by atoms with van der Waals surface area (Å²) in [5, 5.41) is 90.9. The minimum atomic E-state index is -1.53. The SMILES string of the molecule is OCCn1c2cc(C#CC3OC(CO)C(O)C(O)C3O)ccc2c2ccc(C#CC3OC(CO)C(O)C(O)C3O)cc21. The fourth-order valence-electron chi connectivity index (χ4n) is 5.34. The second kappa shape index (κ2) is 12.7. The lowest BCUT2D eigenvalue weighted by Crippen LogP contribution is -2.58. The van der Waals surface area contributed by atoms with Crippen LogP contribution in [0.15, 0.2) is 36.4 Å². The topological polar surface area (TPSA) is 205 Å². The van der Waals surface area contributed by atoms with E-state index < -0.39 is 74.3 Å². The fourth-order valence-corrected chi connectivity index (χ4v) is 5.34. The highest BCUT2D eigenvalue weighted by Gasteiger charge is 2.43. The normalized spacial score (nSPS) is 33.2. The summed E-state index contributed by atoms with van der Waals surface area (Å²) >= 11 is 0. The molecule has 3 aromatic rings. The smallest absolute Gasteiger partial charge is 0.147 e. The zero-order valence-corrected chi connectivity index (χ0v) is 22.4. The summed E-state index contributed by atoms with van der Waals surface area (Å²) in [6, 6.07) is 10.9. The van der Waals surface area contributed by atoms with Gasteiger partial charge in [0.2, 0.25) is 0 Å². The summed E-state index contributed by atoms with van der Waals surface area (Å²) < 4.78 is 12.8. The Morgan fingerprint density at radius 1 is 0.595 bits per heavy atom. The molecule has 0 radical (unpaired) electrons. The van der Waals surface area contributed by atoms with Gasteiger partial charge in [0, 0.05) is 28.4 Å². The predicted octanol–water partition coefficient (Wildman–Crippen LogP) is -2.83. The van der Waals surface area contributed by atoms with E-state index in [4.69, 9.17) is 9.47 Å². The molecule has 2 aliphatic heterocycles. The van der Waals surface area contributed by atoms with Gasteiger partial charge in [0.25, 0.3) is 0 Å². The monoisotopic (exact) mass is 583 g/mol. The van der Waals surface area contributed by atoms with Gasteiger partial charge in [-0.1, -0.05) is 35.8 Å². The molecule has 2 aromatic carbocycles. The molecule has 0 saturated carbocycles. The van der Waals surface area contributed by atoms with E-state index in [0.717, 1.165) is 21.8 Å². The van der Waals surface area contributed by atoms with Crippen LogP contribution < -0.4 is 0 Å². The van der Waals surface area contributed by atoms with Crippen LogP contribution in [0.4, 0.5) is 0 Å². The van der Waals surface area contributed by atoms with Crippen molar-refractivity contribution in [1.29, 1.82) is 0 Å². The first-order valence-corrected chi connectivity index (χ1v) is 13.5. The van der Waals surface area contributed by atoms with Crippen LogP contribution in [0.1, 0.15) is 11.1 Å². The molecule has 224 valence electrons. The van der Waals surface area contributed by atoms with Crippen molar-refractivity contribution in [2.75, 3.05) is 19.8 Å². The van der Waals surface area contributed by atoms with E-state index in [1.165, 1.54) is 0 Å². The summed E-state index contributed by atoms with van der Waals surface area (Å²) in [5.41, 5.74) is 2.64. The standard InChI is InChI=1S/C30H33NO11/c32-10-9-31-19-11-15(3-7-21-25(35)29(39)27(37)23(13-33)41-21)1-5-17(19)18-6-2-16(12-20(18)31)4-8-22-26(36)30(40)28(38)24(14-34)42-22/h1-2,5-6,11-12,21-30,32-40H,9-10,13-14H2. The minimum absolute atomic E-state index is 0.152. The molecule has 12 heteroatoms. The van der Waals surface area contributed by atoms with E-state index in [2.05, 4.69) is 23.7 Å². The summed E-state index contributed by atoms with van der Waals surface area (Å²) in [6.07, 6.45) is -13.3. The number of aromatic nitrogens is 1. The van der Waals surface area contributed by atoms with Crippen molar-refractivity contribution in [3.05, 3.63) is 47.5 Å². The molecule has 10 atom stereocenters. The van der Waals surface area contributed by atoms with Crippen LogP contribution in [-0.2, 0) is 16.0 Å². The van der Waals surface area contributed by atoms with Gasteiger partial charge in [-0.2, -0.15) is 0 Å². The number of ether oxygens (including phenoxy) is 2. The molecule has 2 fully saturated rings. The molecule has 42 heavy (non-hydrogen) atoms. The molecular formula is C30H33NO11. The Bertz CT molecular complexity index is 1430. The van der Waals surface area contributed by atoms with Crippen LogP contribution in [0.5, 0.6) is 0 Å². The maximum atomic E-state index is 10.3. The van der Waals surface area contributed by atoms with E-state index >= 15 is 0 Å².